The van der Waals surface area contributed by atoms with Gasteiger partial charge in [-0.05, 0) is 62.5 Å². The highest BCUT2D eigenvalue weighted by Gasteiger charge is 2.16. The van der Waals surface area contributed by atoms with Crippen molar-refractivity contribution in [3.8, 4) is 0 Å². The lowest BCUT2D eigenvalue weighted by Crippen LogP contribution is -2.34. The van der Waals surface area contributed by atoms with Crippen molar-refractivity contribution in [3.63, 3.8) is 0 Å². The average molecular weight is 301 g/mol. The van der Waals surface area contributed by atoms with Gasteiger partial charge >= 0.3 is 0 Å². The van der Waals surface area contributed by atoms with Crippen molar-refractivity contribution in [1.82, 2.24) is 4.90 Å². The molecule has 2 N–H and O–H groups in total. The van der Waals surface area contributed by atoms with Crippen LogP contribution in [-0.4, -0.2) is 24.5 Å². The Labute approximate surface area is 125 Å². The van der Waals surface area contributed by atoms with Crippen LogP contribution in [0.5, 0.6) is 0 Å². The minimum Gasteiger partial charge on any atom is -0.324 e. The van der Waals surface area contributed by atoms with Gasteiger partial charge in [-0.25, -0.2) is 0 Å². The van der Waals surface area contributed by atoms with Crippen LogP contribution in [0.4, 0.5) is 0 Å². The highest BCUT2D eigenvalue weighted by Crippen LogP contribution is 2.26. The molecular weight excluding hydrogens is 279 g/mol. The highest BCUT2D eigenvalue weighted by molar-refractivity contribution is 6.42. The molecule has 1 aromatic carbocycles. The molecule has 1 atom stereocenters. The topological polar surface area (TPSA) is 29.3 Å². The van der Waals surface area contributed by atoms with Crippen molar-refractivity contribution in [2.45, 2.75) is 32.2 Å². The fourth-order valence-corrected chi connectivity index (χ4v) is 2.82. The number of nitrogens with zero attached hydrogens (tertiary/aromatic N) is 1. The molecule has 1 aliphatic heterocycles. The molecule has 0 spiro atoms. The number of likely N-dealkylation sites (tertiary alicyclic amines) is 1. The van der Waals surface area contributed by atoms with E-state index < -0.39 is 0 Å². The summed E-state index contributed by atoms with van der Waals surface area (Å²) in [6, 6.07) is 5.71. The third-order valence-corrected chi connectivity index (χ3v) is 4.74. The molecular formula is C15H22Cl2N2. The van der Waals surface area contributed by atoms with Crippen molar-refractivity contribution in [1.29, 1.82) is 0 Å². The number of piperidine rings is 1. The summed E-state index contributed by atoms with van der Waals surface area (Å²) >= 11 is 11.9. The monoisotopic (exact) mass is 300 g/mol. The third kappa shape index (κ3) is 4.35. The van der Waals surface area contributed by atoms with Crippen LogP contribution in [0.15, 0.2) is 18.2 Å². The molecule has 1 unspecified atom stereocenters. The van der Waals surface area contributed by atoms with E-state index in [4.69, 9.17) is 28.9 Å². The normalized spacial score (nSPS) is 19.6. The quantitative estimate of drug-likeness (QED) is 0.906. The molecule has 1 saturated heterocycles. The number of halogens is 2. The first-order valence-electron chi connectivity index (χ1n) is 6.99. The Morgan fingerprint density at radius 3 is 2.58 bits per heavy atom. The van der Waals surface area contributed by atoms with Crippen LogP contribution in [0, 0.1) is 5.92 Å². The van der Waals surface area contributed by atoms with Gasteiger partial charge in [0.25, 0.3) is 0 Å². The lowest BCUT2D eigenvalue weighted by Gasteiger charge is -2.30. The summed E-state index contributed by atoms with van der Waals surface area (Å²) in [6.45, 7) is 5.80. The van der Waals surface area contributed by atoms with Crippen LogP contribution < -0.4 is 5.73 Å². The van der Waals surface area contributed by atoms with Crippen molar-refractivity contribution in [2.24, 2.45) is 11.7 Å². The fraction of sp³-hybridized carbons (Fsp3) is 0.600. The van der Waals surface area contributed by atoms with Gasteiger partial charge in [0.15, 0.2) is 0 Å². The second kappa shape index (κ2) is 6.94. The maximum Gasteiger partial charge on any atom is 0.0595 e. The van der Waals surface area contributed by atoms with Gasteiger partial charge in [0.1, 0.15) is 0 Å². The number of hydrogen-bond donors (Lipinski definition) is 1. The first-order valence-corrected chi connectivity index (χ1v) is 7.74. The van der Waals surface area contributed by atoms with Gasteiger partial charge in [-0.15, -0.1) is 0 Å². The zero-order valence-corrected chi connectivity index (χ0v) is 12.9. The molecule has 4 heteroatoms. The Bertz CT molecular complexity index is 415. The third-order valence-electron chi connectivity index (χ3n) is 4.00. The van der Waals surface area contributed by atoms with Crippen LogP contribution in [-0.2, 0) is 0 Å². The maximum absolute atomic E-state index is 6.23. The summed E-state index contributed by atoms with van der Waals surface area (Å²) in [5.41, 5.74) is 7.30. The fourth-order valence-electron chi connectivity index (χ4n) is 2.52. The summed E-state index contributed by atoms with van der Waals surface area (Å²) in [6.07, 6.45) is 3.58. The van der Waals surface area contributed by atoms with Gasteiger partial charge in [0.2, 0.25) is 0 Å². The Morgan fingerprint density at radius 1 is 1.26 bits per heavy atom. The number of benzene rings is 1. The summed E-state index contributed by atoms with van der Waals surface area (Å²) in [4.78, 5) is 2.51. The van der Waals surface area contributed by atoms with Gasteiger partial charge in [0, 0.05) is 6.04 Å². The first kappa shape index (κ1) is 15.1. The number of nitrogens with two attached hydrogens (primary N) is 1. The van der Waals surface area contributed by atoms with E-state index in [2.05, 4.69) is 11.8 Å². The average Bonchev–Trinajstić information content (AvgIpc) is 2.41. The molecule has 2 nitrogen and oxygen atoms in total. The number of hydrogen-bond acceptors (Lipinski definition) is 2. The van der Waals surface area contributed by atoms with E-state index in [1.807, 2.05) is 18.2 Å². The molecule has 1 aromatic rings. The largest absolute Gasteiger partial charge is 0.324 e. The van der Waals surface area contributed by atoms with Crippen molar-refractivity contribution in [3.05, 3.63) is 33.8 Å². The predicted molar refractivity (Wildman–Crippen MR) is 82.8 cm³/mol. The van der Waals surface area contributed by atoms with E-state index in [0.29, 0.717) is 10.0 Å². The van der Waals surface area contributed by atoms with Crippen LogP contribution in [0.3, 0.4) is 0 Å². The van der Waals surface area contributed by atoms with Crippen LogP contribution >= 0.6 is 23.2 Å². The van der Waals surface area contributed by atoms with E-state index in [1.54, 1.807) is 0 Å². The lowest BCUT2D eigenvalue weighted by molar-refractivity contribution is 0.187. The summed E-state index contributed by atoms with van der Waals surface area (Å²) in [7, 11) is 0. The van der Waals surface area contributed by atoms with Crippen molar-refractivity contribution in [2.75, 3.05) is 19.6 Å². The number of rotatable bonds is 4. The minimum absolute atomic E-state index is 0.0362. The molecule has 2 rings (SSSR count). The zero-order chi connectivity index (χ0) is 13.8. The van der Waals surface area contributed by atoms with Gasteiger partial charge < -0.3 is 10.6 Å². The second-order valence-electron chi connectivity index (χ2n) is 5.59. The van der Waals surface area contributed by atoms with Gasteiger partial charge in [-0.2, -0.15) is 0 Å². The van der Waals surface area contributed by atoms with E-state index in [9.17, 15) is 0 Å². The molecule has 0 aliphatic carbocycles. The summed E-state index contributed by atoms with van der Waals surface area (Å²) in [5, 5.41) is 1.17. The SMILES string of the molecule is CC1CCN(CCC(N)c2ccc(Cl)c(Cl)c2)CC1. The smallest absolute Gasteiger partial charge is 0.0595 e. The lowest BCUT2D eigenvalue weighted by atomic mass is 9.98. The molecule has 0 amide bonds. The zero-order valence-electron chi connectivity index (χ0n) is 11.4. The molecule has 1 heterocycles. The van der Waals surface area contributed by atoms with Crippen molar-refractivity contribution < 1.29 is 0 Å². The minimum atomic E-state index is 0.0362. The van der Waals surface area contributed by atoms with E-state index in [-0.39, 0.29) is 6.04 Å². The maximum atomic E-state index is 6.23. The molecule has 0 aromatic heterocycles. The van der Waals surface area contributed by atoms with Crippen LogP contribution in [0.25, 0.3) is 0 Å². The van der Waals surface area contributed by atoms with Gasteiger partial charge in [-0.1, -0.05) is 36.2 Å². The molecule has 0 radical (unpaired) electrons. The standard InChI is InChI=1S/C15H22Cl2N2/c1-11-4-7-19(8-5-11)9-6-15(18)12-2-3-13(16)14(17)10-12/h2-3,10-11,15H,4-9,18H2,1H3. The Kier molecular flexibility index (Phi) is 5.52. The molecule has 0 saturated carbocycles. The highest BCUT2D eigenvalue weighted by atomic mass is 35.5. The van der Waals surface area contributed by atoms with E-state index in [1.165, 1.54) is 25.9 Å². The Balaban J connectivity index is 1.83. The Morgan fingerprint density at radius 2 is 1.95 bits per heavy atom. The second-order valence-corrected chi connectivity index (χ2v) is 6.41. The predicted octanol–water partition coefficient (Wildman–Crippen LogP) is 4.12. The molecule has 1 fully saturated rings. The van der Waals surface area contributed by atoms with E-state index in [0.717, 1.165) is 24.4 Å². The van der Waals surface area contributed by atoms with Crippen LogP contribution in [0.2, 0.25) is 10.0 Å². The van der Waals surface area contributed by atoms with Crippen LogP contribution in [0.1, 0.15) is 37.8 Å². The van der Waals surface area contributed by atoms with E-state index >= 15 is 0 Å². The summed E-state index contributed by atoms with van der Waals surface area (Å²) < 4.78 is 0. The summed E-state index contributed by atoms with van der Waals surface area (Å²) in [5.74, 6) is 0.875. The van der Waals surface area contributed by atoms with Gasteiger partial charge in [-0.3, -0.25) is 0 Å². The Hall–Kier alpha value is -0.280. The first-order chi connectivity index (χ1) is 9.06. The molecule has 0 bridgehead atoms. The van der Waals surface area contributed by atoms with Gasteiger partial charge in [0.05, 0.1) is 10.0 Å². The molecule has 19 heavy (non-hydrogen) atoms. The molecule has 106 valence electrons. The van der Waals surface area contributed by atoms with Crippen molar-refractivity contribution >= 4 is 23.2 Å². The molecule has 1 aliphatic rings.